The second kappa shape index (κ2) is 5.87. The highest BCUT2D eigenvalue weighted by molar-refractivity contribution is 9.10. The zero-order chi connectivity index (χ0) is 13.1. The number of nitrogens with one attached hydrogen (secondary N) is 1. The molecular formula is C13H17BrClNO. The topological polar surface area (TPSA) is 29.1 Å². The molecule has 0 aromatic heterocycles. The SMILES string of the molecule is CC(C)(C)CCNC(=O)c1cccc(Br)c1Cl. The maximum Gasteiger partial charge on any atom is 0.252 e. The summed E-state index contributed by atoms with van der Waals surface area (Å²) < 4.78 is 0.739. The Morgan fingerprint density at radius 3 is 2.65 bits per heavy atom. The molecule has 0 bridgehead atoms. The highest BCUT2D eigenvalue weighted by atomic mass is 79.9. The average Bonchev–Trinajstić information content (AvgIpc) is 2.20. The Morgan fingerprint density at radius 1 is 1.41 bits per heavy atom. The molecule has 1 amide bonds. The van der Waals surface area contributed by atoms with Gasteiger partial charge in [0.25, 0.3) is 5.91 Å². The largest absolute Gasteiger partial charge is 0.352 e. The molecule has 94 valence electrons. The van der Waals surface area contributed by atoms with E-state index in [0.29, 0.717) is 17.1 Å². The van der Waals surface area contributed by atoms with E-state index in [4.69, 9.17) is 11.6 Å². The van der Waals surface area contributed by atoms with Crippen LogP contribution in [0.2, 0.25) is 5.02 Å². The van der Waals surface area contributed by atoms with Crippen molar-refractivity contribution in [2.45, 2.75) is 27.2 Å². The summed E-state index contributed by atoms with van der Waals surface area (Å²) in [4.78, 5) is 11.9. The monoisotopic (exact) mass is 317 g/mol. The Labute approximate surface area is 116 Å². The molecule has 17 heavy (non-hydrogen) atoms. The van der Waals surface area contributed by atoms with Crippen LogP contribution < -0.4 is 5.32 Å². The number of carbonyl (C=O) groups is 1. The van der Waals surface area contributed by atoms with Crippen molar-refractivity contribution < 1.29 is 4.79 Å². The highest BCUT2D eigenvalue weighted by Gasteiger charge is 2.14. The fourth-order valence-corrected chi connectivity index (χ4v) is 1.90. The minimum atomic E-state index is -0.124. The van der Waals surface area contributed by atoms with Crippen LogP contribution in [-0.2, 0) is 0 Å². The first kappa shape index (κ1) is 14.5. The quantitative estimate of drug-likeness (QED) is 0.886. The van der Waals surface area contributed by atoms with Crippen LogP contribution in [0.3, 0.4) is 0 Å². The first-order valence-corrected chi connectivity index (χ1v) is 6.70. The lowest BCUT2D eigenvalue weighted by molar-refractivity contribution is 0.0949. The highest BCUT2D eigenvalue weighted by Crippen LogP contribution is 2.26. The number of rotatable bonds is 3. The lowest BCUT2D eigenvalue weighted by Gasteiger charge is -2.18. The Bertz CT molecular complexity index is 412. The molecule has 0 spiro atoms. The van der Waals surface area contributed by atoms with Gasteiger partial charge in [-0.2, -0.15) is 0 Å². The Kier molecular flexibility index (Phi) is 5.02. The molecule has 0 aliphatic rings. The number of hydrogen-bond donors (Lipinski definition) is 1. The van der Waals surface area contributed by atoms with Gasteiger partial charge in [-0.1, -0.05) is 38.4 Å². The third-order valence-corrected chi connectivity index (χ3v) is 3.65. The van der Waals surface area contributed by atoms with Crippen molar-refractivity contribution >= 4 is 33.4 Å². The number of carbonyl (C=O) groups excluding carboxylic acids is 1. The first-order chi connectivity index (χ1) is 7.81. The van der Waals surface area contributed by atoms with E-state index in [1.54, 1.807) is 12.1 Å². The predicted octanol–water partition coefficient (Wildman–Crippen LogP) is 4.27. The average molecular weight is 319 g/mol. The Morgan fingerprint density at radius 2 is 2.06 bits per heavy atom. The fourth-order valence-electron chi connectivity index (χ4n) is 1.33. The number of hydrogen-bond acceptors (Lipinski definition) is 1. The maximum atomic E-state index is 11.9. The molecule has 0 saturated heterocycles. The van der Waals surface area contributed by atoms with E-state index >= 15 is 0 Å². The van der Waals surface area contributed by atoms with Gasteiger partial charge < -0.3 is 5.32 Å². The third-order valence-electron chi connectivity index (χ3n) is 2.36. The molecule has 0 aliphatic heterocycles. The lowest BCUT2D eigenvalue weighted by Crippen LogP contribution is -2.27. The minimum absolute atomic E-state index is 0.124. The molecule has 0 radical (unpaired) electrons. The van der Waals surface area contributed by atoms with Crippen molar-refractivity contribution in [3.8, 4) is 0 Å². The van der Waals surface area contributed by atoms with Gasteiger partial charge in [0, 0.05) is 11.0 Å². The molecule has 0 atom stereocenters. The maximum absolute atomic E-state index is 11.9. The zero-order valence-corrected chi connectivity index (χ0v) is 12.7. The van der Waals surface area contributed by atoms with Crippen molar-refractivity contribution in [1.82, 2.24) is 5.32 Å². The molecule has 1 rings (SSSR count). The minimum Gasteiger partial charge on any atom is -0.352 e. The van der Waals surface area contributed by atoms with Crippen molar-refractivity contribution in [2.24, 2.45) is 5.41 Å². The summed E-state index contributed by atoms with van der Waals surface area (Å²) in [6.07, 6.45) is 0.935. The van der Waals surface area contributed by atoms with Crippen LogP contribution in [-0.4, -0.2) is 12.5 Å². The van der Waals surface area contributed by atoms with Gasteiger partial charge in [0.15, 0.2) is 0 Å². The van der Waals surface area contributed by atoms with Crippen LogP contribution in [0.25, 0.3) is 0 Å². The second-order valence-corrected chi connectivity index (χ2v) is 6.40. The molecular weight excluding hydrogens is 302 g/mol. The van der Waals surface area contributed by atoms with Crippen molar-refractivity contribution in [1.29, 1.82) is 0 Å². The van der Waals surface area contributed by atoms with Crippen molar-refractivity contribution in [3.05, 3.63) is 33.3 Å². The van der Waals surface area contributed by atoms with Gasteiger partial charge in [0.05, 0.1) is 10.6 Å². The standard InChI is InChI=1S/C13H17BrClNO/c1-13(2,3)7-8-16-12(17)9-5-4-6-10(14)11(9)15/h4-6H,7-8H2,1-3H3,(H,16,17). The molecule has 0 unspecified atom stereocenters. The molecule has 1 aromatic carbocycles. The van der Waals surface area contributed by atoms with Gasteiger partial charge in [-0.05, 0) is 39.9 Å². The van der Waals surface area contributed by atoms with Crippen molar-refractivity contribution in [3.63, 3.8) is 0 Å². The smallest absolute Gasteiger partial charge is 0.252 e. The van der Waals surface area contributed by atoms with Crippen LogP contribution in [0, 0.1) is 5.41 Å². The van der Waals surface area contributed by atoms with E-state index in [1.165, 1.54) is 0 Å². The van der Waals surface area contributed by atoms with E-state index in [1.807, 2.05) is 6.07 Å². The van der Waals surface area contributed by atoms with E-state index in [-0.39, 0.29) is 11.3 Å². The summed E-state index contributed by atoms with van der Waals surface area (Å²) in [5.74, 6) is -0.124. The van der Waals surface area contributed by atoms with Gasteiger partial charge in [-0.3, -0.25) is 4.79 Å². The summed E-state index contributed by atoms with van der Waals surface area (Å²) in [6, 6.07) is 5.34. The van der Waals surface area contributed by atoms with Crippen LogP contribution in [0.5, 0.6) is 0 Å². The molecule has 4 heteroatoms. The van der Waals surface area contributed by atoms with Crippen LogP contribution >= 0.6 is 27.5 Å². The molecule has 0 saturated carbocycles. The van der Waals surface area contributed by atoms with E-state index < -0.39 is 0 Å². The summed E-state index contributed by atoms with van der Waals surface area (Å²) >= 11 is 9.35. The molecule has 2 nitrogen and oxygen atoms in total. The predicted molar refractivity (Wildman–Crippen MR) is 75.6 cm³/mol. The lowest BCUT2D eigenvalue weighted by atomic mass is 9.92. The molecule has 1 aromatic rings. The van der Waals surface area contributed by atoms with E-state index in [0.717, 1.165) is 10.9 Å². The van der Waals surface area contributed by atoms with E-state index in [2.05, 4.69) is 42.0 Å². The number of halogens is 2. The fraction of sp³-hybridized carbons (Fsp3) is 0.462. The van der Waals surface area contributed by atoms with Crippen LogP contribution in [0.15, 0.2) is 22.7 Å². The van der Waals surface area contributed by atoms with Crippen molar-refractivity contribution in [2.75, 3.05) is 6.54 Å². The van der Waals surface area contributed by atoms with Gasteiger partial charge in [0.2, 0.25) is 0 Å². The molecule has 0 fully saturated rings. The Hall–Kier alpha value is -0.540. The number of benzene rings is 1. The molecule has 0 aliphatic carbocycles. The van der Waals surface area contributed by atoms with Crippen LogP contribution in [0.1, 0.15) is 37.6 Å². The first-order valence-electron chi connectivity index (χ1n) is 5.53. The summed E-state index contributed by atoms with van der Waals surface area (Å²) in [6.45, 7) is 7.09. The summed E-state index contributed by atoms with van der Waals surface area (Å²) in [7, 11) is 0. The van der Waals surface area contributed by atoms with Gasteiger partial charge in [-0.25, -0.2) is 0 Å². The zero-order valence-electron chi connectivity index (χ0n) is 10.3. The van der Waals surface area contributed by atoms with Gasteiger partial charge in [-0.15, -0.1) is 0 Å². The molecule has 0 heterocycles. The summed E-state index contributed by atoms with van der Waals surface area (Å²) in [5.41, 5.74) is 0.726. The van der Waals surface area contributed by atoms with Gasteiger partial charge in [0.1, 0.15) is 0 Å². The Balaban J connectivity index is 2.62. The van der Waals surface area contributed by atoms with Crippen LogP contribution in [0.4, 0.5) is 0 Å². The van der Waals surface area contributed by atoms with E-state index in [9.17, 15) is 4.79 Å². The summed E-state index contributed by atoms with van der Waals surface area (Å²) in [5, 5.41) is 3.34. The second-order valence-electron chi connectivity index (χ2n) is 5.17. The third kappa shape index (κ3) is 4.68. The normalized spacial score (nSPS) is 11.4. The molecule has 1 N–H and O–H groups in total. The number of amides is 1. The van der Waals surface area contributed by atoms with Gasteiger partial charge >= 0.3 is 0 Å².